The lowest BCUT2D eigenvalue weighted by Crippen LogP contribution is -2.49. The van der Waals surface area contributed by atoms with Crippen LogP contribution in [0.5, 0.6) is 0 Å². The van der Waals surface area contributed by atoms with Gasteiger partial charge in [-0.25, -0.2) is 9.18 Å². The van der Waals surface area contributed by atoms with Crippen molar-refractivity contribution in [2.45, 2.75) is 57.3 Å². The zero-order valence-corrected chi connectivity index (χ0v) is 23.4. The van der Waals surface area contributed by atoms with E-state index < -0.39 is 46.5 Å². The number of rotatable bonds is 7. The predicted molar refractivity (Wildman–Crippen MR) is 153 cm³/mol. The van der Waals surface area contributed by atoms with Crippen molar-refractivity contribution in [3.05, 3.63) is 139 Å². The number of nitrogens with zero attached hydrogens (tertiary/aromatic N) is 3. The smallest absolute Gasteiger partial charge is 0.364 e. The van der Waals surface area contributed by atoms with Crippen molar-refractivity contribution in [2.75, 3.05) is 13.1 Å². The summed E-state index contributed by atoms with van der Waals surface area (Å²) in [6, 6.07) is 22.1. The Morgan fingerprint density at radius 1 is 0.791 bits per heavy atom. The molecule has 0 radical (unpaired) electrons. The Balaban J connectivity index is 1.41. The first-order valence-corrected chi connectivity index (χ1v) is 14.3. The van der Waals surface area contributed by atoms with E-state index in [1.165, 1.54) is 0 Å². The van der Waals surface area contributed by atoms with Crippen LogP contribution in [0.1, 0.15) is 46.4 Å². The summed E-state index contributed by atoms with van der Waals surface area (Å²) in [5.41, 5.74) is -1.48. The third-order valence-corrected chi connectivity index (χ3v) is 8.60. The summed E-state index contributed by atoms with van der Waals surface area (Å²) in [6.45, 7) is 1.22. The van der Waals surface area contributed by atoms with Crippen molar-refractivity contribution < 1.29 is 22.3 Å². The van der Waals surface area contributed by atoms with Gasteiger partial charge >= 0.3 is 11.9 Å². The van der Waals surface area contributed by atoms with Crippen molar-refractivity contribution in [2.24, 2.45) is 0 Å². The van der Waals surface area contributed by atoms with Gasteiger partial charge in [0.05, 0.1) is 30.0 Å². The quantitative estimate of drug-likeness (QED) is 0.267. The molecule has 0 unspecified atom stereocenters. The van der Waals surface area contributed by atoms with E-state index in [2.05, 4.69) is 4.90 Å². The standard InChI is InChI=1S/C33H31F4N3O3/c34-27-13-7-12-26(33(35,36)37)25(27)21-40-28-22-43-32(15-18-38(19-16-32)20-24-10-5-2-6-11-24)29(28)30(41)39(31(40)42)17-14-23-8-3-1-4-9-23/h1-13H,14-22H2. The zero-order chi connectivity index (χ0) is 30.2. The van der Waals surface area contributed by atoms with Crippen LogP contribution in [0.4, 0.5) is 17.6 Å². The number of ether oxygens (including phenoxy) is 1. The van der Waals surface area contributed by atoms with Crippen LogP contribution >= 0.6 is 0 Å². The third-order valence-electron chi connectivity index (χ3n) is 8.60. The van der Waals surface area contributed by atoms with Gasteiger partial charge in [-0.2, -0.15) is 13.2 Å². The normalized spacial score (nSPS) is 16.5. The van der Waals surface area contributed by atoms with E-state index in [1.54, 1.807) is 0 Å². The minimum absolute atomic E-state index is 0.0224. The van der Waals surface area contributed by atoms with E-state index in [4.69, 9.17) is 4.74 Å². The van der Waals surface area contributed by atoms with Crippen LogP contribution in [0.3, 0.4) is 0 Å². The van der Waals surface area contributed by atoms with Crippen LogP contribution in [0.2, 0.25) is 0 Å². The number of halogens is 4. The molecule has 0 atom stereocenters. The maximum Gasteiger partial charge on any atom is 0.416 e. The van der Waals surface area contributed by atoms with E-state index >= 15 is 0 Å². The maximum absolute atomic E-state index is 14.9. The van der Waals surface area contributed by atoms with E-state index in [0.717, 1.165) is 45.0 Å². The fourth-order valence-electron chi connectivity index (χ4n) is 6.33. The first-order valence-electron chi connectivity index (χ1n) is 14.3. The summed E-state index contributed by atoms with van der Waals surface area (Å²) in [5, 5.41) is 0. The third kappa shape index (κ3) is 5.69. The summed E-state index contributed by atoms with van der Waals surface area (Å²) in [6.07, 6.45) is -3.50. The molecule has 0 N–H and O–H groups in total. The monoisotopic (exact) mass is 593 g/mol. The van der Waals surface area contributed by atoms with Gasteiger partial charge in [-0.1, -0.05) is 66.7 Å². The van der Waals surface area contributed by atoms with Crippen molar-refractivity contribution in [3.63, 3.8) is 0 Å². The molecule has 1 spiro atoms. The predicted octanol–water partition coefficient (Wildman–Crippen LogP) is 5.48. The van der Waals surface area contributed by atoms with Crippen LogP contribution < -0.4 is 11.2 Å². The Hall–Kier alpha value is -4.02. The van der Waals surface area contributed by atoms with Gasteiger partial charge in [0, 0.05) is 31.7 Å². The molecule has 6 nitrogen and oxygen atoms in total. The number of hydrogen-bond donors (Lipinski definition) is 0. The molecule has 1 fully saturated rings. The minimum Gasteiger partial charge on any atom is -0.364 e. The fraction of sp³-hybridized carbons (Fsp3) is 0.333. The Labute approximate surface area is 245 Å². The number of benzene rings is 3. The van der Waals surface area contributed by atoms with Gasteiger partial charge in [-0.3, -0.25) is 18.8 Å². The van der Waals surface area contributed by atoms with Crippen LogP contribution in [0, 0.1) is 5.82 Å². The number of aryl methyl sites for hydroxylation is 1. The molecule has 3 aromatic carbocycles. The Morgan fingerprint density at radius 3 is 2.09 bits per heavy atom. The Bertz CT molecular complexity index is 1720. The Morgan fingerprint density at radius 2 is 1.44 bits per heavy atom. The molecule has 10 heteroatoms. The Kier molecular flexibility index (Phi) is 7.83. The number of hydrogen-bond acceptors (Lipinski definition) is 4. The number of fused-ring (bicyclic) bond motifs is 2. The molecule has 1 saturated heterocycles. The number of likely N-dealkylation sites (tertiary alicyclic amines) is 1. The van der Waals surface area contributed by atoms with Crippen molar-refractivity contribution in [1.82, 2.24) is 14.0 Å². The molecular formula is C33H31F4N3O3. The van der Waals surface area contributed by atoms with Crippen LogP contribution in [0.15, 0.2) is 88.5 Å². The fourth-order valence-corrected chi connectivity index (χ4v) is 6.33. The molecule has 2 aliphatic rings. The SMILES string of the molecule is O=c1c2c(n(Cc3c(F)cccc3C(F)(F)F)c(=O)n1CCc1ccccc1)COC21CCN(Cc2ccccc2)CC1. The summed E-state index contributed by atoms with van der Waals surface area (Å²) in [7, 11) is 0. The molecule has 6 rings (SSSR count). The maximum atomic E-state index is 14.9. The van der Waals surface area contributed by atoms with Crippen molar-refractivity contribution in [3.8, 4) is 0 Å². The molecule has 0 saturated carbocycles. The molecule has 43 heavy (non-hydrogen) atoms. The zero-order valence-electron chi connectivity index (χ0n) is 23.4. The van der Waals surface area contributed by atoms with E-state index in [1.807, 2.05) is 60.7 Å². The molecule has 224 valence electrons. The topological polar surface area (TPSA) is 56.5 Å². The largest absolute Gasteiger partial charge is 0.416 e. The second kappa shape index (κ2) is 11.6. The van der Waals surface area contributed by atoms with E-state index in [9.17, 15) is 27.2 Å². The van der Waals surface area contributed by atoms with Crippen molar-refractivity contribution in [1.29, 1.82) is 0 Å². The van der Waals surface area contributed by atoms with Gasteiger partial charge < -0.3 is 4.74 Å². The molecule has 0 aliphatic carbocycles. The second-order valence-electron chi connectivity index (χ2n) is 11.2. The lowest BCUT2D eigenvalue weighted by Gasteiger charge is -2.38. The summed E-state index contributed by atoms with van der Waals surface area (Å²) >= 11 is 0. The first-order chi connectivity index (χ1) is 20.7. The van der Waals surface area contributed by atoms with Crippen molar-refractivity contribution >= 4 is 0 Å². The van der Waals surface area contributed by atoms with Gasteiger partial charge in [0.1, 0.15) is 11.4 Å². The van der Waals surface area contributed by atoms with Crippen LogP contribution in [0.25, 0.3) is 0 Å². The molecule has 4 aromatic rings. The lowest BCUT2D eigenvalue weighted by atomic mass is 9.85. The van der Waals surface area contributed by atoms with Gasteiger partial charge in [0.15, 0.2) is 0 Å². The highest BCUT2D eigenvalue weighted by molar-refractivity contribution is 5.35. The molecule has 1 aromatic heterocycles. The highest BCUT2D eigenvalue weighted by Gasteiger charge is 2.47. The van der Waals surface area contributed by atoms with E-state index in [0.29, 0.717) is 37.9 Å². The molecule has 0 bridgehead atoms. The summed E-state index contributed by atoms with van der Waals surface area (Å²) < 4.78 is 65.1. The van der Waals surface area contributed by atoms with Crippen LogP contribution in [-0.2, 0) is 49.2 Å². The average Bonchev–Trinajstić information content (AvgIpc) is 3.36. The van der Waals surface area contributed by atoms with Gasteiger partial charge in [-0.05, 0) is 42.5 Å². The highest BCUT2D eigenvalue weighted by atomic mass is 19.4. The second-order valence-corrected chi connectivity index (χ2v) is 11.2. The number of aromatic nitrogens is 2. The lowest BCUT2D eigenvalue weighted by molar-refractivity contribution is -0.138. The molecular weight excluding hydrogens is 562 g/mol. The minimum atomic E-state index is -4.82. The number of alkyl halides is 3. The van der Waals surface area contributed by atoms with Gasteiger partial charge in [0.25, 0.3) is 5.56 Å². The van der Waals surface area contributed by atoms with Gasteiger partial charge in [0.2, 0.25) is 0 Å². The summed E-state index contributed by atoms with van der Waals surface area (Å²) in [4.78, 5) is 30.1. The highest BCUT2D eigenvalue weighted by Crippen LogP contribution is 2.43. The summed E-state index contributed by atoms with van der Waals surface area (Å²) in [5.74, 6) is -1.07. The first kappa shape index (κ1) is 29.1. The molecule has 0 amide bonds. The molecule has 2 aliphatic heterocycles. The molecule has 3 heterocycles. The average molecular weight is 594 g/mol. The number of piperidine rings is 1. The van der Waals surface area contributed by atoms with E-state index in [-0.39, 0.29) is 18.8 Å². The van der Waals surface area contributed by atoms with Gasteiger partial charge in [-0.15, -0.1) is 0 Å². The van der Waals surface area contributed by atoms with Crippen LogP contribution in [-0.4, -0.2) is 27.1 Å².